The molecule has 0 bridgehead atoms. The maximum Gasteiger partial charge on any atom is 0.158 e. The van der Waals surface area contributed by atoms with Gasteiger partial charge in [0.05, 0.1) is 11.6 Å². The van der Waals surface area contributed by atoms with Gasteiger partial charge < -0.3 is 0 Å². The van der Waals surface area contributed by atoms with Gasteiger partial charge in [-0.15, -0.1) is 11.3 Å². The van der Waals surface area contributed by atoms with Crippen molar-refractivity contribution in [2.75, 3.05) is 5.43 Å². The number of aromatic nitrogens is 2. The zero-order chi connectivity index (χ0) is 15.6. The van der Waals surface area contributed by atoms with Crippen LogP contribution in [-0.2, 0) is 12.8 Å². The van der Waals surface area contributed by atoms with Crippen molar-refractivity contribution in [1.82, 2.24) is 9.97 Å². The molecule has 4 nitrogen and oxygen atoms in total. The van der Waals surface area contributed by atoms with Crippen molar-refractivity contribution >= 4 is 45.2 Å². The molecule has 1 aliphatic rings. The summed E-state index contributed by atoms with van der Waals surface area (Å²) in [6.45, 7) is 0. The maximum absolute atomic E-state index is 5.89. The highest BCUT2D eigenvalue weighted by Gasteiger charge is 2.19. The van der Waals surface area contributed by atoms with Crippen molar-refractivity contribution in [2.24, 2.45) is 5.10 Å². The fourth-order valence-corrected chi connectivity index (χ4v) is 4.25. The number of halogens is 1. The van der Waals surface area contributed by atoms with Gasteiger partial charge in [-0.1, -0.05) is 23.7 Å². The van der Waals surface area contributed by atoms with Crippen LogP contribution in [0.25, 0.3) is 10.2 Å². The van der Waals surface area contributed by atoms with E-state index in [4.69, 9.17) is 11.6 Å². The summed E-state index contributed by atoms with van der Waals surface area (Å²) < 4.78 is 0. The molecule has 0 unspecified atom stereocenters. The van der Waals surface area contributed by atoms with Crippen LogP contribution in [0.2, 0.25) is 5.02 Å². The van der Waals surface area contributed by atoms with Gasteiger partial charge in [0.1, 0.15) is 11.2 Å². The highest BCUT2D eigenvalue weighted by atomic mass is 35.5. The van der Waals surface area contributed by atoms with E-state index < -0.39 is 0 Å². The molecule has 0 aliphatic heterocycles. The standard InChI is InChI=1S/C17H15ClN4S/c18-12-7-5-11(6-8-12)9-21-22-16-15-13-3-1-2-4-14(13)23-17(15)20-10-19-16/h5-10H,1-4H2,(H,19,20,22)/b21-9-. The molecular formula is C17H15ClN4S. The zero-order valence-corrected chi connectivity index (χ0v) is 14.0. The number of hydrogen-bond donors (Lipinski definition) is 1. The number of benzene rings is 1. The number of nitrogens with one attached hydrogen (secondary N) is 1. The van der Waals surface area contributed by atoms with Crippen LogP contribution in [0.4, 0.5) is 5.82 Å². The Morgan fingerprint density at radius 1 is 1.13 bits per heavy atom. The Balaban J connectivity index is 1.63. The summed E-state index contributed by atoms with van der Waals surface area (Å²) in [4.78, 5) is 11.3. The number of rotatable bonds is 3. The molecule has 2 heterocycles. The average Bonchev–Trinajstić information content (AvgIpc) is 2.96. The average molecular weight is 343 g/mol. The van der Waals surface area contributed by atoms with E-state index in [1.54, 1.807) is 23.9 Å². The van der Waals surface area contributed by atoms with Crippen molar-refractivity contribution in [3.8, 4) is 0 Å². The van der Waals surface area contributed by atoms with Crippen molar-refractivity contribution in [3.05, 3.63) is 51.6 Å². The molecule has 0 atom stereocenters. The van der Waals surface area contributed by atoms with Crippen LogP contribution >= 0.6 is 22.9 Å². The zero-order valence-electron chi connectivity index (χ0n) is 12.4. The van der Waals surface area contributed by atoms with Crippen molar-refractivity contribution in [3.63, 3.8) is 0 Å². The summed E-state index contributed by atoms with van der Waals surface area (Å²) in [5, 5.41) is 6.18. The minimum Gasteiger partial charge on any atom is -0.261 e. The van der Waals surface area contributed by atoms with Gasteiger partial charge in [0, 0.05) is 9.90 Å². The first-order valence-electron chi connectivity index (χ1n) is 7.61. The van der Waals surface area contributed by atoms with Gasteiger partial charge in [0.15, 0.2) is 5.82 Å². The van der Waals surface area contributed by atoms with Gasteiger partial charge in [-0.2, -0.15) is 5.10 Å². The fraction of sp³-hybridized carbons (Fsp3) is 0.235. The summed E-state index contributed by atoms with van der Waals surface area (Å²) in [7, 11) is 0. The van der Waals surface area contributed by atoms with Crippen molar-refractivity contribution in [1.29, 1.82) is 0 Å². The smallest absolute Gasteiger partial charge is 0.158 e. The number of fused-ring (bicyclic) bond motifs is 3. The summed E-state index contributed by atoms with van der Waals surface area (Å²) in [5.74, 6) is 0.791. The maximum atomic E-state index is 5.89. The topological polar surface area (TPSA) is 50.2 Å². The Morgan fingerprint density at radius 3 is 2.83 bits per heavy atom. The van der Waals surface area contributed by atoms with Crippen LogP contribution in [0.5, 0.6) is 0 Å². The molecule has 0 saturated heterocycles. The minimum absolute atomic E-state index is 0.720. The predicted octanol–water partition coefficient (Wildman–Crippen LogP) is 4.67. The molecule has 23 heavy (non-hydrogen) atoms. The summed E-state index contributed by atoms with van der Waals surface area (Å²) >= 11 is 7.67. The predicted molar refractivity (Wildman–Crippen MR) is 96.7 cm³/mol. The fourth-order valence-electron chi connectivity index (χ4n) is 2.89. The number of nitrogens with zero attached hydrogens (tertiary/aromatic N) is 3. The van der Waals surface area contributed by atoms with Crippen LogP contribution < -0.4 is 5.43 Å². The van der Waals surface area contributed by atoms with Crippen molar-refractivity contribution < 1.29 is 0 Å². The lowest BCUT2D eigenvalue weighted by Crippen LogP contribution is -2.00. The van der Waals surface area contributed by atoms with E-state index in [1.165, 1.54) is 23.3 Å². The Morgan fingerprint density at radius 2 is 1.96 bits per heavy atom. The third kappa shape index (κ3) is 2.94. The van der Waals surface area contributed by atoms with Crippen LogP contribution in [0.1, 0.15) is 28.8 Å². The van der Waals surface area contributed by atoms with Crippen molar-refractivity contribution in [2.45, 2.75) is 25.7 Å². The monoisotopic (exact) mass is 342 g/mol. The molecule has 1 aromatic carbocycles. The number of hydrogen-bond acceptors (Lipinski definition) is 5. The van der Waals surface area contributed by atoms with Crippen LogP contribution in [0.3, 0.4) is 0 Å². The van der Waals surface area contributed by atoms with Gasteiger partial charge in [-0.05, 0) is 48.9 Å². The lowest BCUT2D eigenvalue weighted by atomic mass is 9.97. The van der Waals surface area contributed by atoms with E-state index in [0.29, 0.717) is 0 Å². The number of anilines is 1. The molecule has 0 fully saturated rings. The van der Waals surface area contributed by atoms with Crippen LogP contribution in [0.15, 0.2) is 35.7 Å². The molecule has 2 aromatic heterocycles. The summed E-state index contributed by atoms with van der Waals surface area (Å²) in [6, 6.07) is 7.55. The molecule has 3 aromatic rings. The van der Waals surface area contributed by atoms with Crippen LogP contribution in [0, 0.1) is 0 Å². The molecule has 1 aliphatic carbocycles. The third-order valence-electron chi connectivity index (χ3n) is 4.01. The molecule has 0 radical (unpaired) electrons. The Hall–Kier alpha value is -1.98. The first-order chi connectivity index (χ1) is 11.3. The van der Waals surface area contributed by atoms with Gasteiger partial charge >= 0.3 is 0 Å². The van der Waals surface area contributed by atoms with Gasteiger partial charge in [-0.3, -0.25) is 5.43 Å². The summed E-state index contributed by atoms with van der Waals surface area (Å²) in [5.41, 5.74) is 5.47. The summed E-state index contributed by atoms with van der Waals surface area (Å²) in [6.07, 6.45) is 8.14. The van der Waals surface area contributed by atoms with E-state index >= 15 is 0 Å². The minimum atomic E-state index is 0.720. The molecule has 0 spiro atoms. The second-order valence-electron chi connectivity index (χ2n) is 5.53. The highest BCUT2D eigenvalue weighted by Crippen LogP contribution is 2.38. The number of hydrazone groups is 1. The Bertz CT molecular complexity index is 870. The van der Waals surface area contributed by atoms with E-state index in [-0.39, 0.29) is 0 Å². The lowest BCUT2D eigenvalue weighted by Gasteiger charge is -2.11. The van der Waals surface area contributed by atoms with E-state index in [9.17, 15) is 0 Å². The molecule has 4 rings (SSSR count). The highest BCUT2D eigenvalue weighted by molar-refractivity contribution is 7.19. The lowest BCUT2D eigenvalue weighted by molar-refractivity contribution is 0.700. The number of aryl methyl sites for hydroxylation is 2. The second kappa shape index (κ2) is 6.26. The van der Waals surface area contributed by atoms with E-state index in [1.807, 2.05) is 24.3 Å². The Labute approximate surface area is 143 Å². The van der Waals surface area contributed by atoms with Gasteiger partial charge in [-0.25, -0.2) is 9.97 Å². The quantitative estimate of drug-likeness (QED) is 0.556. The third-order valence-corrected chi connectivity index (χ3v) is 5.46. The largest absolute Gasteiger partial charge is 0.261 e. The first kappa shape index (κ1) is 14.6. The van der Waals surface area contributed by atoms with Gasteiger partial charge in [0.2, 0.25) is 0 Å². The first-order valence-corrected chi connectivity index (χ1v) is 8.80. The normalized spacial score (nSPS) is 14.3. The molecule has 1 N–H and O–H groups in total. The molecule has 116 valence electrons. The van der Waals surface area contributed by atoms with Gasteiger partial charge in [0.25, 0.3) is 0 Å². The molecule has 0 amide bonds. The van der Waals surface area contributed by atoms with E-state index in [0.717, 1.165) is 39.5 Å². The van der Waals surface area contributed by atoms with Crippen LogP contribution in [-0.4, -0.2) is 16.2 Å². The molecule has 0 saturated carbocycles. The molecule has 6 heteroatoms. The number of thiophene rings is 1. The SMILES string of the molecule is Clc1ccc(/C=N\Nc2ncnc3sc4c(c23)CCCC4)cc1. The van der Waals surface area contributed by atoms with E-state index in [2.05, 4.69) is 20.5 Å². The second-order valence-corrected chi connectivity index (χ2v) is 7.05. The Kier molecular flexibility index (Phi) is 3.97. The molecular weight excluding hydrogens is 328 g/mol.